The first kappa shape index (κ1) is 15.2. The number of ether oxygens (including phenoxy) is 1. The molecule has 0 bridgehead atoms. The maximum Gasteiger partial charge on any atom is 0.191 e. The Kier molecular flexibility index (Phi) is 5.20. The van der Waals surface area contributed by atoms with Crippen molar-refractivity contribution in [1.29, 1.82) is 0 Å². The van der Waals surface area contributed by atoms with Crippen LogP contribution in [0.4, 0.5) is 0 Å². The molecule has 1 aliphatic heterocycles. The van der Waals surface area contributed by atoms with Gasteiger partial charge in [-0.1, -0.05) is 31.4 Å². The Hall–Kier alpha value is -1.71. The lowest BCUT2D eigenvalue weighted by Gasteiger charge is -2.24. The first-order valence-corrected chi connectivity index (χ1v) is 8.57. The van der Waals surface area contributed by atoms with E-state index in [2.05, 4.69) is 33.8 Å². The van der Waals surface area contributed by atoms with E-state index in [1.54, 1.807) is 0 Å². The quantitative estimate of drug-likeness (QED) is 0.664. The molecule has 1 saturated carbocycles. The third-order valence-electron chi connectivity index (χ3n) is 4.63. The second-order valence-electron chi connectivity index (χ2n) is 6.27. The molecule has 0 spiro atoms. The number of rotatable bonds is 4. The van der Waals surface area contributed by atoms with Crippen molar-refractivity contribution in [2.45, 2.75) is 51.0 Å². The van der Waals surface area contributed by atoms with Crippen LogP contribution in [0.15, 0.2) is 23.2 Å². The summed E-state index contributed by atoms with van der Waals surface area (Å²) >= 11 is 0. The second kappa shape index (κ2) is 7.52. The molecule has 0 unspecified atom stereocenters. The van der Waals surface area contributed by atoms with Crippen molar-refractivity contribution < 1.29 is 4.74 Å². The minimum atomic E-state index is 0.595. The molecular formula is C18H27N3O. The summed E-state index contributed by atoms with van der Waals surface area (Å²) in [6, 6.07) is 7.15. The number of guanidine groups is 1. The number of aliphatic imine (C=N–C) groups is 1. The van der Waals surface area contributed by atoms with Gasteiger partial charge in [-0.2, -0.15) is 0 Å². The largest absolute Gasteiger partial charge is 0.493 e. The standard InChI is InChI=1S/C18H27N3O/c1-19-18(21-16-5-3-2-4-6-16)20-11-9-14-7-8-17-15(13-14)10-12-22-17/h7-8,13,16H,2-6,9-12H2,1H3,(H2,19,20,21). The molecule has 0 radical (unpaired) electrons. The second-order valence-corrected chi connectivity index (χ2v) is 6.27. The maximum absolute atomic E-state index is 5.55. The predicted octanol–water partition coefficient (Wildman–Crippen LogP) is 2.66. The van der Waals surface area contributed by atoms with Gasteiger partial charge in [0.05, 0.1) is 6.61 Å². The topological polar surface area (TPSA) is 45.7 Å². The number of benzene rings is 1. The van der Waals surface area contributed by atoms with Gasteiger partial charge in [-0.25, -0.2) is 0 Å². The molecule has 3 rings (SSSR count). The Morgan fingerprint density at radius 2 is 2.14 bits per heavy atom. The van der Waals surface area contributed by atoms with Gasteiger partial charge in [0, 0.05) is 26.1 Å². The van der Waals surface area contributed by atoms with E-state index in [-0.39, 0.29) is 0 Å². The number of nitrogens with zero attached hydrogens (tertiary/aromatic N) is 1. The Morgan fingerprint density at radius 1 is 1.27 bits per heavy atom. The smallest absolute Gasteiger partial charge is 0.191 e. The van der Waals surface area contributed by atoms with Crippen LogP contribution >= 0.6 is 0 Å². The van der Waals surface area contributed by atoms with Crippen LogP contribution in [0, 0.1) is 0 Å². The van der Waals surface area contributed by atoms with Crippen LogP contribution < -0.4 is 15.4 Å². The zero-order chi connectivity index (χ0) is 15.2. The van der Waals surface area contributed by atoms with E-state index >= 15 is 0 Å². The monoisotopic (exact) mass is 301 g/mol. The zero-order valence-electron chi connectivity index (χ0n) is 13.5. The minimum absolute atomic E-state index is 0.595. The average molecular weight is 301 g/mol. The molecule has 2 N–H and O–H groups in total. The highest BCUT2D eigenvalue weighted by molar-refractivity contribution is 5.79. The molecule has 0 aromatic heterocycles. The van der Waals surface area contributed by atoms with Crippen molar-refractivity contribution in [2.24, 2.45) is 4.99 Å². The molecule has 2 aliphatic rings. The SMILES string of the molecule is CN=C(NCCc1ccc2c(c1)CCO2)NC1CCCCC1. The molecule has 1 fully saturated rings. The fraction of sp³-hybridized carbons (Fsp3) is 0.611. The lowest BCUT2D eigenvalue weighted by molar-refractivity contribution is 0.357. The van der Waals surface area contributed by atoms with Crippen molar-refractivity contribution >= 4 is 5.96 Å². The van der Waals surface area contributed by atoms with Crippen molar-refractivity contribution in [2.75, 3.05) is 20.2 Å². The van der Waals surface area contributed by atoms with Crippen LogP contribution in [0.5, 0.6) is 5.75 Å². The summed E-state index contributed by atoms with van der Waals surface area (Å²) in [5, 5.41) is 6.99. The zero-order valence-corrected chi connectivity index (χ0v) is 13.5. The van der Waals surface area contributed by atoms with Gasteiger partial charge in [-0.3, -0.25) is 4.99 Å². The van der Waals surface area contributed by atoms with Crippen LogP contribution in [-0.2, 0) is 12.8 Å². The Morgan fingerprint density at radius 3 is 2.95 bits per heavy atom. The van der Waals surface area contributed by atoms with E-state index < -0.39 is 0 Å². The summed E-state index contributed by atoms with van der Waals surface area (Å²) in [6.45, 7) is 1.74. The van der Waals surface area contributed by atoms with Gasteiger partial charge in [0.25, 0.3) is 0 Å². The highest BCUT2D eigenvalue weighted by Crippen LogP contribution is 2.25. The molecule has 4 heteroatoms. The molecule has 0 saturated heterocycles. The van der Waals surface area contributed by atoms with E-state index in [9.17, 15) is 0 Å². The third-order valence-corrected chi connectivity index (χ3v) is 4.63. The first-order chi connectivity index (χ1) is 10.8. The van der Waals surface area contributed by atoms with Gasteiger partial charge in [0.2, 0.25) is 0 Å². The summed E-state index contributed by atoms with van der Waals surface area (Å²) < 4.78 is 5.55. The maximum atomic E-state index is 5.55. The summed E-state index contributed by atoms with van der Waals surface area (Å²) in [7, 11) is 1.85. The summed E-state index contributed by atoms with van der Waals surface area (Å²) in [5.74, 6) is 2.00. The molecule has 1 heterocycles. The summed E-state index contributed by atoms with van der Waals surface area (Å²) in [6.07, 6.45) is 8.65. The molecular weight excluding hydrogens is 274 g/mol. The lowest BCUT2D eigenvalue weighted by Crippen LogP contribution is -2.44. The lowest BCUT2D eigenvalue weighted by atomic mass is 9.96. The van der Waals surface area contributed by atoms with Crippen LogP contribution in [0.2, 0.25) is 0 Å². The van der Waals surface area contributed by atoms with Crippen molar-refractivity contribution in [3.63, 3.8) is 0 Å². The average Bonchev–Trinajstić information content (AvgIpc) is 3.02. The predicted molar refractivity (Wildman–Crippen MR) is 90.7 cm³/mol. The molecule has 22 heavy (non-hydrogen) atoms. The summed E-state index contributed by atoms with van der Waals surface area (Å²) in [4.78, 5) is 4.35. The van der Waals surface area contributed by atoms with E-state index in [1.165, 1.54) is 43.2 Å². The number of nitrogens with one attached hydrogen (secondary N) is 2. The molecule has 1 aromatic rings. The highest BCUT2D eigenvalue weighted by atomic mass is 16.5. The van der Waals surface area contributed by atoms with Gasteiger partial charge in [0.1, 0.15) is 5.75 Å². The van der Waals surface area contributed by atoms with Crippen molar-refractivity contribution in [1.82, 2.24) is 10.6 Å². The fourth-order valence-corrected chi connectivity index (χ4v) is 3.36. The van der Waals surface area contributed by atoms with Crippen LogP contribution in [0.3, 0.4) is 0 Å². The van der Waals surface area contributed by atoms with Crippen molar-refractivity contribution in [3.8, 4) is 5.75 Å². The molecule has 0 amide bonds. The molecule has 0 atom stereocenters. The normalized spacial score (nSPS) is 18.7. The van der Waals surface area contributed by atoms with Gasteiger partial charge < -0.3 is 15.4 Å². The Balaban J connectivity index is 1.45. The van der Waals surface area contributed by atoms with E-state index in [4.69, 9.17) is 4.74 Å². The van der Waals surface area contributed by atoms with E-state index in [0.717, 1.165) is 37.7 Å². The third kappa shape index (κ3) is 3.93. The molecule has 1 aromatic carbocycles. The Bertz CT molecular complexity index is 521. The highest BCUT2D eigenvalue weighted by Gasteiger charge is 2.14. The van der Waals surface area contributed by atoms with E-state index in [1.807, 2.05) is 7.05 Å². The first-order valence-electron chi connectivity index (χ1n) is 8.57. The van der Waals surface area contributed by atoms with Gasteiger partial charge >= 0.3 is 0 Å². The summed E-state index contributed by atoms with van der Waals surface area (Å²) in [5.41, 5.74) is 2.71. The minimum Gasteiger partial charge on any atom is -0.493 e. The van der Waals surface area contributed by atoms with Gasteiger partial charge in [0.15, 0.2) is 5.96 Å². The molecule has 120 valence electrons. The van der Waals surface area contributed by atoms with Crippen LogP contribution in [0.25, 0.3) is 0 Å². The fourth-order valence-electron chi connectivity index (χ4n) is 3.36. The van der Waals surface area contributed by atoms with Gasteiger partial charge in [-0.05, 0) is 36.5 Å². The molecule has 1 aliphatic carbocycles. The number of hydrogen-bond donors (Lipinski definition) is 2. The van der Waals surface area contributed by atoms with Crippen LogP contribution in [0.1, 0.15) is 43.2 Å². The van der Waals surface area contributed by atoms with E-state index in [0.29, 0.717) is 6.04 Å². The molecule has 4 nitrogen and oxygen atoms in total. The van der Waals surface area contributed by atoms with Gasteiger partial charge in [-0.15, -0.1) is 0 Å². The Labute approximate surface area is 133 Å². The van der Waals surface area contributed by atoms with Crippen molar-refractivity contribution in [3.05, 3.63) is 29.3 Å². The number of fused-ring (bicyclic) bond motifs is 1. The van der Waals surface area contributed by atoms with Crippen LogP contribution in [-0.4, -0.2) is 32.2 Å². The number of hydrogen-bond acceptors (Lipinski definition) is 2.